The van der Waals surface area contributed by atoms with Crippen molar-refractivity contribution in [1.82, 2.24) is 0 Å². The molecular formula is C13H9BrClNO5S2. The van der Waals surface area contributed by atoms with Gasteiger partial charge < -0.3 is 4.74 Å². The Morgan fingerprint density at radius 2 is 1.96 bits per heavy atom. The van der Waals surface area contributed by atoms with Crippen molar-refractivity contribution < 1.29 is 22.7 Å². The molecule has 0 radical (unpaired) electrons. The number of primary sulfonamides is 1. The van der Waals surface area contributed by atoms with E-state index in [0.29, 0.717) is 4.88 Å². The molecule has 0 saturated heterocycles. The molecule has 0 unspecified atom stereocenters. The Balaban J connectivity index is 2.11. The second kappa shape index (κ2) is 7.10. The lowest BCUT2D eigenvalue weighted by atomic mass is 10.2. The van der Waals surface area contributed by atoms with Crippen molar-refractivity contribution in [2.24, 2.45) is 5.14 Å². The lowest BCUT2D eigenvalue weighted by Gasteiger charge is -2.06. The minimum Gasteiger partial charge on any atom is -0.454 e. The molecule has 0 bridgehead atoms. The van der Waals surface area contributed by atoms with Gasteiger partial charge in [0.1, 0.15) is 4.90 Å². The van der Waals surface area contributed by atoms with Gasteiger partial charge in [-0.1, -0.05) is 11.6 Å². The summed E-state index contributed by atoms with van der Waals surface area (Å²) in [7, 11) is -4.07. The quantitative estimate of drug-likeness (QED) is 0.571. The molecule has 0 aliphatic carbocycles. The van der Waals surface area contributed by atoms with Gasteiger partial charge in [-0.25, -0.2) is 18.4 Å². The number of carbonyl (C=O) groups excluding carboxylic acids is 2. The fourth-order valence-electron chi connectivity index (χ4n) is 1.60. The molecule has 0 amide bonds. The van der Waals surface area contributed by atoms with E-state index in [1.54, 1.807) is 12.1 Å². The first-order chi connectivity index (χ1) is 10.7. The maximum atomic E-state index is 11.9. The highest BCUT2D eigenvalue weighted by molar-refractivity contribution is 9.11. The van der Waals surface area contributed by atoms with Crippen molar-refractivity contribution >= 4 is 60.6 Å². The van der Waals surface area contributed by atoms with Crippen molar-refractivity contribution in [3.63, 3.8) is 0 Å². The number of esters is 1. The highest BCUT2D eigenvalue weighted by Gasteiger charge is 2.18. The molecule has 2 rings (SSSR count). The molecule has 0 saturated carbocycles. The molecule has 23 heavy (non-hydrogen) atoms. The van der Waals surface area contributed by atoms with Gasteiger partial charge in [-0.3, -0.25) is 4.79 Å². The van der Waals surface area contributed by atoms with Crippen molar-refractivity contribution in [3.05, 3.63) is 49.6 Å². The number of carbonyl (C=O) groups is 2. The summed E-state index contributed by atoms with van der Waals surface area (Å²) in [5.41, 5.74) is -0.0708. The Kier molecular flexibility index (Phi) is 5.58. The summed E-state index contributed by atoms with van der Waals surface area (Å²) < 4.78 is 28.4. The number of benzene rings is 1. The number of thiophene rings is 1. The molecule has 0 fully saturated rings. The number of hydrogen-bond donors (Lipinski definition) is 1. The second-order valence-electron chi connectivity index (χ2n) is 4.29. The van der Waals surface area contributed by atoms with Gasteiger partial charge >= 0.3 is 5.97 Å². The predicted molar refractivity (Wildman–Crippen MR) is 89.5 cm³/mol. The normalized spacial score (nSPS) is 11.3. The zero-order valence-electron chi connectivity index (χ0n) is 11.3. The van der Waals surface area contributed by atoms with Crippen LogP contribution in [0.1, 0.15) is 20.0 Å². The van der Waals surface area contributed by atoms with Crippen LogP contribution < -0.4 is 5.14 Å². The first-order valence-electron chi connectivity index (χ1n) is 5.96. The average molecular weight is 439 g/mol. The maximum Gasteiger partial charge on any atom is 0.338 e. The molecule has 122 valence electrons. The smallest absolute Gasteiger partial charge is 0.338 e. The van der Waals surface area contributed by atoms with E-state index in [-0.39, 0.29) is 21.3 Å². The van der Waals surface area contributed by atoms with Crippen molar-refractivity contribution in [3.8, 4) is 0 Å². The molecule has 2 N–H and O–H groups in total. The number of Topliss-reactive ketones (excluding diaryl/α,β-unsaturated/α-hetero) is 1. The van der Waals surface area contributed by atoms with E-state index in [4.69, 9.17) is 21.5 Å². The highest BCUT2D eigenvalue weighted by atomic mass is 79.9. The number of hydrogen-bond acceptors (Lipinski definition) is 6. The van der Waals surface area contributed by atoms with Gasteiger partial charge in [-0.15, -0.1) is 11.3 Å². The summed E-state index contributed by atoms with van der Waals surface area (Å²) in [6.45, 7) is -0.459. The van der Waals surface area contributed by atoms with E-state index in [1.807, 2.05) is 0 Å². The Labute approximate surface area is 149 Å². The van der Waals surface area contributed by atoms with Crippen LogP contribution in [-0.4, -0.2) is 26.8 Å². The number of halogens is 2. The number of ether oxygens (including phenoxy) is 1. The monoisotopic (exact) mass is 437 g/mol. The molecule has 0 aliphatic rings. The van der Waals surface area contributed by atoms with Crippen LogP contribution in [0.3, 0.4) is 0 Å². The van der Waals surface area contributed by atoms with Crippen LogP contribution in [0.4, 0.5) is 0 Å². The molecule has 1 aromatic heterocycles. The van der Waals surface area contributed by atoms with Crippen LogP contribution in [0.25, 0.3) is 0 Å². The van der Waals surface area contributed by atoms with Gasteiger partial charge in [0.15, 0.2) is 6.61 Å². The summed E-state index contributed by atoms with van der Waals surface area (Å²) in [4.78, 5) is 23.8. The third kappa shape index (κ3) is 4.61. The van der Waals surface area contributed by atoms with Crippen molar-refractivity contribution in [1.29, 1.82) is 0 Å². The van der Waals surface area contributed by atoms with Gasteiger partial charge in [0.05, 0.1) is 19.2 Å². The lowest BCUT2D eigenvalue weighted by Crippen LogP contribution is -2.16. The second-order valence-corrected chi connectivity index (χ2v) is 8.69. The number of nitrogens with two attached hydrogens (primary N) is 1. The van der Waals surface area contributed by atoms with Crippen LogP contribution in [0, 0.1) is 0 Å². The lowest BCUT2D eigenvalue weighted by molar-refractivity contribution is 0.0475. The average Bonchev–Trinajstić information content (AvgIpc) is 2.90. The van der Waals surface area contributed by atoms with E-state index in [2.05, 4.69) is 15.9 Å². The first kappa shape index (κ1) is 18.1. The van der Waals surface area contributed by atoms with Gasteiger partial charge in [0.25, 0.3) is 0 Å². The zero-order valence-corrected chi connectivity index (χ0v) is 15.3. The molecule has 10 heteroatoms. The van der Waals surface area contributed by atoms with Crippen LogP contribution in [0.5, 0.6) is 0 Å². The van der Waals surface area contributed by atoms with E-state index < -0.39 is 22.6 Å². The number of ketones is 1. The summed E-state index contributed by atoms with van der Waals surface area (Å²) in [5, 5.41) is 4.90. The standard InChI is InChI=1S/C13H9BrClNO5S2/c14-12-4-3-10(22-12)9(17)6-21-13(18)7-1-2-8(15)11(5-7)23(16,19)20/h1-5H,6H2,(H2,16,19,20). The molecule has 1 aromatic carbocycles. The van der Waals surface area contributed by atoms with Gasteiger partial charge in [-0.05, 0) is 46.3 Å². The Hall–Kier alpha value is -1.26. The number of rotatable bonds is 5. The van der Waals surface area contributed by atoms with E-state index in [1.165, 1.54) is 23.5 Å². The largest absolute Gasteiger partial charge is 0.454 e. The molecular weight excluding hydrogens is 430 g/mol. The van der Waals surface area contributed by atoms with Crippen molar-refractivity contribution in [2.45, 2.75) is 4.90 Å². The molecule has 0 aliphatic heterocycles. The van der Waals surface area contributed by atoms with Crippen LogP contribution in [0.15, 0.2) is 39.0 Å². The Morgan fingerprint density at radius 1 is 1.26 bits per heavy atom. The van der Waals surface area contributed by atoms with Crippen molar-refractivity contribution in [2.75, 3.05) is 6.61 Å². The fourth-order valence-corrected chi connectivity index (χ4v) is 3.98. The molecule has 1 heterocycles. The predicted octanol–water partition coefficient (Wildman–Crippen LogP) is 2.85. The van der Waals surface area contributed by atoms with Crippen LogP contribution in [0.2, 0.25) is 5.02 Å². The Morgan fingerprint density at radius 3 is 2.52 bits per heavy atom. The third-order valence-electron chi connectivity index (χ3n) is 2.66. The van der Waals surface area contributed by atoms with E-state index in [9.17, 15) is 18.0 Å². The summed E-state index contributed by atoms with van der Waals surface area (Å²) >= 11 is 10.2. The van der Waals surface area contributed by atoms with E-state index in [0.717, 1.165) is 9.85 Å². The SMILES string of the molecule is NS(=O)(=O)c1cc(C(=O)OCC(=O)c2ccc(Br)s2)ccc1Cl. The Bertz CT molecular complexity index is 878. The molecule has 6 nitrogen and oxygen atoms in total. The highest BCUT2D eigenvalue weighted by Crippen LogP contribution is 2.23. The first-order valence-corrected chi connectivity index (χ1v) is 9.50. The summed E-state index contributed by atoms with van der Waals surface area (Å²) in [5.74, 6) is -1.22. The molecule has 2 aromatic rings. The van der Waals surface area contributed by atoms with E-state index >= 15 is 0 Å². The maximum absolute atomic E-state index is 11.9. The van der Waals surface area contributed by atoms with Gasteiger partial charge in [0.2, 0.25) is 15.8 Å². The van der Waals surface area contributed by atoms with Gasteiger partial charge in [0, 0.05) is 0 Å². The van der Waals surface area contributed by atoms with Crippen LogP contribution in [-0.2, 0) is 14.8 Å². The fraction of sp³-hybridized carbons (Fsp3) is 0.0769. The zero-order chi connectivity index (χ0) is 17.2. The topological polar surface area (TPSA) is 104 Å². The molecule has 0 spiro atoms. The minimum atomic E-state index is -4.07. The summed E-state index contributed by atoms with van der Waals surface area (Å²) in [6.07, 6.45) is 0. The van der Waals surface area contributed by atoms with Gasteiger partial charge in [-0.2, -0.15) is 0 Å². The minimum absolute atomic E-state index is 0.0708. The third-order valence-corrected chi connectivity index (χ3v) is 5.71. The summed E-state index contributed by atoms with van der Waals surface area (Å²) in [6, 6.07) is 6.82. The molecule has 0 atom stereocenters. The van der Waals surface area contributed by atoms with Crippen LogP contribution >= 0.6 is 38.9 Å². The number of sulfonamides is 1.